The molecule has 1 N–H and O–H groups in total. The van der Waals surface area contributed by atoms with E-state index in [1.54, 1.807) is 6.26 Å². The van der Waals surface area contributed by atoms with E-state index in [9.17, 15) is 0 Å². The molecule has 0 amide bonds. The van der Waals surface area contributed by atoms with Gasteiger partial charge in [-0.1, -0.05) is 31.5 Å². The zero-order chi connectivity index (χ0) is 13.8. The first-order chi connectivity index (χ1) is 9.06. The highest BCUT2D eigenvalue weighted by atomic mass is 16.3. The monoisotopic (exact) mass is 258 g/mol. The van der Waals surface area contributed by atoms with Gasteiger partial charge in [-0.3, -0.25) is 0 Å². The van der Waals surface area contributed by atoms with Crippen molar-refractivity contribution in [2.75, 3.05) is 0 Å². The summed E-state index contributed by atoms with van der Waals surface area (Å²) in [6.07, 6.45) is 1.73. The highest BCUT2D eigenvalue weighted by Crippen LogP contribution is 2.19. The van der Waals surface area contributed by atoms with E-state index in [-0.39, 0.29) is 0 Å². The number of oxazole rings is 1. The molecule has 1 aromatic heterocycles. The molecule has 0 fully saturated rings. The zero-order valence-electron chi connectivity index (χ0n) is 12.1. The van der Waals surface area contributed by atoms with Crippen LogP contribution in [-0.2, 0) is 6.54 Å². The molecule has 1 aromatic carbocycles. The van der Waals surface area contributed by atoms with Gasteiger partial charge in [0, 0.05) is 18.2 Å². The van der Waals surface area contributed by atoms with Crippen molar-refractivity contribution in [1.82, 2.24) is 10.3 Å². The first-order valence-electron chi connectivity index (χ1n) is 6.81. The number of hydrogen-bond acceptors (Lipinski definition) is 3. The standard InChI is InChI=1S/C16H22N2O/c1-11(2)13(4)17-9-15-10-19-16(18-15)14-7-5-12(3)6-8-14/h5-8,10-11,13,17H,9H2,1-4H3. The van der Waals surface area contributed by atoms with E-state index in [1.165, 1.54) is 5.56 Å². The van der Waals surface area contributed by atoms with Crippen molar-refractivity contribution in [3.05, 3.63) is 41.8 Å². The van der Waals surface area contributed by atoms with Gasteiger partial charge in [0.05, 0.1) is 5.69 Å². The van der Waals surface area contributed by atoms with Crippen molar-refractivity contribution in [1.29, 1.82) is 0 Å². The van der Waals surface area contributed by atoms with E-state index in [2.05, 4.69) is 50.1 Å². The third-order valence-corrected chi connectivity index (χ3v) is 3.46. The van der Waals surface area contributed by atoms with Crippen LogP contribution >= 0.6 is 0 Å². The molecule has 3 heteroatoms. The van der Waals surface area contributed by atoms with Crippen LogP contribution in [0.3, 0.4) is 0 Å². The number of aromatic nitrogens is 1. The Bertz CT molecular complexity index is 514. The fraction of sp³-hybridized carbons (Fsp3) is 0.438. The summed E-state index contributed by atoms with van der Waals surface area (Å²) in [5, 5.41) is 3.45. The minimum Gasteiger partial charge on any atom is -0.444 e. The van der Waals surface area contributed by atoms with E-state index in [0.29, 0.717) is 17.9 Å². The Kier molecular flexibility index (Phi) is 4.38. The Morgan fingerprint density at radius 1 is 1.16 bits per heavy atom. The number of benzene rings is 1. The van der Waals surface area contributed by atoms with Crippen molar-refractivity contribution < 1.29 is 4.42 Å². The van der Waals surface area contributed by atoms with Gasteiger partial charge in [0.15, 0.2) is 0 Å². The Labute approximate surface area is 115 Å². The number of aryl methyl sites for hydroxylation is 1. The molecule has 0 aliphatic rings. The van der Waals surface area contributed by atoms with E-state index >= 15 is 0 Å². The van der Waals surface area contributed by atoms with Gasteiger partial charge in [-0.05, 0) is 31.9 Å². The maximum absolute atomic E-state index is 5.53. The van der Waals surface area contributed by atoms with Crippen molar-refractivity contribution in [2.45, 2.75) is 40.3 Å². The highest BCUT2D eigenvalue weighted by Gasteiger charge is 2.09. The zero-order valence-corrected chi connectivity index (χ0v) is 12.1. The number of rotatable bonds is 5. The SMILES string of the molecule is Cc1ccc(-c2nc(CNC(C)C(C)C)co2)cc1. The number of nitrogens with zero attached hydrogens (tertiary/aromatic N) is 1. The molecule has 2 rings (SSSR count). The van der Waals surface area contributed by atoms with Gasteiger partial charge in [0.2, 0.25) is 5.89 Å². The van der Waals surface area contributed by atoms with Gasteiger partial charge < -0.3 is 9.73 Å². The number of hydrogen-bond donors (Lipinski definition) is 1. The summed E-state index contributed by atoms with van der Waals surface area (Å²) in [5.74, 6) is 1.30. The molecule has 0 saturated carbocycles. The highest BCUT2D eigenvalue weighted by molar-refractivity contribution is 5.53. The second-order valence-corrected chi connectivity index (χ2v) is 5.42. The molecule has 19 heavy (non-hydrogen) atoms. The fourth-order valence-electron chi connectivity index (χ4n) is 1.72. The molecule has 102 valence electrons. The molecule has 0 aliphatic heterocycles. The van der Waals surface area contributed by atoms with Crippen LogP contribution in [0.15, 0.2) is 34.9 Å². The predicted octanol–water partition coefficient (Wildman–Crippen LogP) is 3.78. The summed E-state index contributed by atoms with van der Waals surface area (Å²) in [4.78, 5) is 4.51. The summed E-state index contributed by atoms with van der Waals surface area (Å²) in [6, 6.07) is 8.68. The topological polar surface area (TPSA) is 38.1 Å². The fourth-order valence-corrected chi connectivity index (χ4v) is 1.72. The second-order valence-electron chi connectivity index (χ2n) is 5.42. The third kappa shape index (κ3) is 3.67. The van der Waals surface area contributed by atoms with E-state index in [4.69, 9.17) is 4.42 Å². The average Bonchev–Trinajstić information content (AvgIpc) is 2.85. The smallest absolute Gasteiger partial charge is 0.226 e. The summed E-state index contributed by atoms with van der Waals surface area (Å²) in [6.45, 7) is 9.42. The van der Waals surface area contributed by atoms with Crippen LogP contribution in [0.25, 0.3) is 11.5 Å². The van der Waals surface area contributed by atoms with Gasteiger partial charge >= 0.3 is 0 Å². The Balaban J connectivity index is 2.01. The Morgan fingerprint density at radius 2 is 1.84 bits per heavy atom. The van der Waals surface area contributed by atoms with Crippen LogP contribution in [-0.4, -0.2) is 11.0 Å². The van der Waals surface area contributed by atoms with Crippen molar-refractivity contribution in [3.8, 4) is 11.5 Å². The maximum Gasteiger partial charge on any atom is 0.226 e. The Morgan fingerprint density at radius 3 is 2.47 bits per heavy atom. The largest absolute Gasteiger partial charge is 0.444 e. The first-order valence-corrected chi connectivity index (χ1v) is 6.81. The molecule has 1 unspecified atom stereocenters. The van der Waals surface area contributed by atoms with Gasteiger partial charge in [-0.25, -0.2) is 4.98 Å². The lowest BCUT2D eigenvalue weighted by molar-refractivity contribution is 0.423. The molecule has 0 aliphatic carbocycles. The minimum absolute atomic E-state index is 0.472. The lowest BCUT2D eigenvalue weighted by Gasteiger charge is -2.16. The van der Waals surface area contributed by atoms with Crippen molar-refractivity contribution in [2.24, 2.45) is 5.92 Å². The molecular formula is C16H22N2O. The molecule has 0 saturated heterocycles. The van der Waals surface area contributed by atoms with Crippen LogP contribution < -0.4 is 5.32 Å². The second kappa shape index (κ2) is 6.02. The minimum atomic E-state index is 0.472. The lowest BCUT2D eigenvalue weighted by Crippen LogP contribution is -2.30. The van der Waals surface area contributed by atoms with Gasteiger partial charge in [-0.15, -0.1) is 0 Å². The normalized spacial score (nSPS) is 12.9. The average molecular weight is 258 g/mol. The third-order valence-electron chi connectivity index (χ3n) is 3.46. The van der Waals surface area contributed by atoms with Crippen LogP contribution in [0.2, 0.25) is 0 Å². The van der Waals surface area contributed by atoms with E-state index in [0.717, 1.165) is 17.8 Å². The predicted molar refractivity (Wildman–Crippen MR) is 77.8 cm³/mol. The van der Waals surface area contributed by atoms with Gasteiger partial charge in [-0.2, -0.15) is 0 Å². The van der Waals surface area contributed by atoms with Gasteiger partial charge in [0.1, 0.15) is 6.26 Å². The molecule has 1 heterocycles. The summed E-state index contributed by atoms with van der Waals surface area (Å²) in [7, 11) is 0. The van der Waals surface area contributed by atoms with Crippen LogP contribution in [0.4, 0.5) is 0 Å². The van der Waals surface area contributed by atoms with Crippen LogP contribution in [0.1, 0.15) is 32.0 Å². The van der Waals surface area contributed by atoms with Crippen LogP contribution in [0, 0.1) is 12.8 Å². The Hall–Kier alpha value is -1.61. The summed E-state index contributed by atoms with van der Waals surface area (Å²) in [5.41, 5.74) is 3.21. The molecule has 1 atom stereocenters. The van der Waals surface area contributed by atoms with E-state index < -0.39 is 0 Å². The lowest BCUT2D eigenvalue weighted by atomic mass is 10.1. The number of nitrogens with one attached hydrogen (secondary N) is 1. The van der Waals surface area contributed by atoms with Crippen molar-refractivity contribution in [3.63, 3.8) is 0 Å². The molecule has 0 spiro atoms. The quantitative estimate of drug-likeness (QED) is 0.886. The molecule has 0 bridgehead atoms. The molecule has 2 aromatic rings. The van der Waals surface area contributed by atoms with Gasteiger partial charge in [0.25, 0.3) is 0 Å². The van der Waals surface area contributed by atoms with Crippen molar-refractivity contribution >= 4 is 0 Å². The summed E-state index contributed by atoms with van der Waals surface area (Å²) < 4.78 is 5.53. The van der Waals surface area contributed by atoms with Crippen LogP contribution in [0.5, 0.6) is 0 Å². The summed E-state index contributed by atoms with van der Waals surface area (Å²) >= 11 is 0. The van der Waals surface area contributed by atoms with E-state index in [1.807, 2.05) is 12.1 Å². The first kappa shape index (κ1) is 13.8. The molecule has 0 radical (unpaired) electrons. The molecular weight excluding hydrogens is 236 g/mol. The molecule has 3 nitrogen and oxygen atoms in total. The maximum atomic E-state index is 5.53.